The van der Waals surface area contributed by atoms with Gasteiger partial charge in [-0.2, -0.15) is 0 Å². The van der Waals surface area contributed by atoms with Crippen LogP contribution in [0.4, 0.5) is 0 Å². The topological polar surface area (TPSA) is 94.5 Å². The van der Waals surface area contributed by atoms with Crippen LogP contribution in [0, 0.1) is 5.39 Å². The van der Waals surface area contributed by atoms with Gasteiger partial charge in [-0.05, 0) is 37.1 Å². The molecular formula is C13H17BrN3O3S+. The van der Waals surface area contributed by atoms with Gasteiger partial charge in [0.05, 0.1) is 4.90 Å². The Labute approximate surface area is 132 Å². The van der Waals surface area contributed by atoms with Gasteiger partial charge in [-0.25, -0.2) is 13.1 Å². The zero-order valence-corrected chi connectivity index (χ0v) is 13.8. The Morgan fingerprint density at radius 3 is 2.57 bits per heavy atom. The lowest BCUT2D eigenvalue weighted by Gasteiger charge is -2.06. The third-order valence-corrected chi connectivity index (χ3v) is 4.74. The molecule has 6 nitrogen and oxygen atoms in total. The second-order valence-electron chi connectivity index (χ2n) is 4.40. The highest BCUT2D eigenvalue weighted by Gasteiger charge is 2.12. The average Bonchev–Trinajstić information content (AvgIpc) is 2.43. The highest BCUT2D eigenvalue weighted by Crippen LogP contribution is 2.14. The zero-order valence-electron chi connectivity index (χ0n) is 11.4. The summed E-state index contributed by atoms with van der Waals surface area (Å²) >= 11 is 3.25. The first kappa shape index (κ1) is 17.6. The maximum absolute atomic E-state index is 12.0. The van der Waals surface area contributed by atoms with Crippen LogP contribution < -0.4 is 4.72 Å². The van der Waals surface area contributed by atoms with Gasteiger partial charge in [0.25, 0.3) is 0 Å². The smallest absolute Gasteiger partial charge is 0.387 e. The maximum atomic E-state index is 12.0. The summed E-state index contributed by atoms with van der Waals surface area (Å²) in [6.45, 7) is 0.341. The number of rotatable bonds is 8. The van der Waals surface area contributed by atoms with E-state index in [9.17, 15) is 13.5 Å². The molecule has 2 N–H and O–H groups in total. The first-order valence-corrected chi connectivity index (χ1v) is 8.71. The highest BCUT2D eigenvalue weighted by atomic mass is 79.9. The Balaban J connectivity index is 2.31. The molecular weight excluding hydrogens is 358 g/mol. The van der Waals surface area contributed by atoms with Gasteiger partial charge in [-0.3, -0.25) is 0 Å². The molecule has 0 amide bonds. The Kier molecular flexibility index (Phi) is 7.36. The van der Waals surface area contributed by atoms with Gasteiger partial charge in [0.1, 0.15) is 0 Å². The lowest BCUT2D eigenvalue weighted by molar-refractivity contribution is 0.381. The van der Waals surface area contributed by atoms with E-state index < -0.39 is 10.0 Å². The SMILES string of the molecule is N#[N+]C=C(O)CCCCCNS(=O)(=O)c1ccc(Br)cc1. The maximum Gasteiger partial charge on any atom is 0.387 e. The minimum absolute atomic E-state index is 0.00735. The number of aliphatic hydroxyl groups excluding tert-OH is 1. The van der Waals surface area contributed by atoms with E-state index in [0.29, 0.717) is 25.8 Å². The molecule has 0 atom stereocenters. The minimum Gasteiger partial charge on any atom is -0.505 e. The lowest BCUT2D eigenvalue weighted by atomic mass is 10.2. The van der Waals surface area contributed by atoms with Crippen molar-refractivity contribution < 1.29 is 13.5 Å². The van der Waals surface area contributed by atoms with Crippen molar-refractivity contribution in [3.63, 3.8) is 0 Å². The van der Waals surface area contributed by atoms with Crippen molar-refractivity contribution in [1.82, 2.24) is 4.72 Å². The first-order chi connectivity index (χ1) is 9.95. The largest absolute Gasteiger partial charge is 0.505 e. The molecule has 0 radical (unpaired) electrons. The molecule has 0 fully saturated rings. The van der Waals surface area contributed by atoms with E-state index in [1.165, 1.54) is 12.1 Å². The summed E-state index contributed by atoms with van der Waals surface area (Å²) in [6, 6.07) is 6.42. The monoisotopic (exact) mass is 374 g/mol. The summed E-state index contributed by atoms with van der Waals surface area (Å²) < 4.78 is 27.3. The van der Waals surface area contributed by atoms with Gasteiger partial charge < -0.3 is 5.11 Å². The zero-order chi connectivity index (χ0) is 15.7. The van der Waals surface area contributed by atoms with Crippen molar-refractivity contribution in [2.75, 3.05) is 6.54 Å². The number of nitrogens with zero attached hydrogens (tertiary/aromatic N) is 2. The molecule has 1 rings (SSSR count). The van der Waals surface area contributed by atoms with E-state index in [1.54, 1.807) is 12.1 Å². The summed E-state index contributed by atoms with van der Waals surface area (Å²) in [4.78, 5) is 2.95. The molecule has 1 aromatic rings. The van der Waals surface area contributed by atoms with Crippen molar-refractivity contribution in [3.05, 3.63) is 45.7 Å². The molecule has 0 aliphatic carbocycles. The molecule has 0 bridgehead atoms. The molecule has 21 heavy (non-hydrogen) atoms. The lowest BCUT2D eigenvalue weighted by Crippen LogP contribution is -2.24. The quantitative estimate of drug-likeness (QED) is 0.413. The van der Waals surface area contributed by atoms with Crippen molar-refractivity contribution in [3.8, 4) is 0 Å². The number of sulfonamides is 1. The molecule has 0 aliphatic heterocycles. The van der Waals surface area contributed by atoms with Crippen LogP contribution in [0.15, 0.2) is 45.6 Å². The van der Waals surface area contributed by atoms with E-state index in [1.807, 2.05) is 0 Å². The number of halogens is 1. The van der Waals surface area contributed by atoms with Gasteiger partial charge in [0, 0.05) is 17.4 Å². The molecule has 114 valence electrons. The van der Waals surface area contributed by atoms with Crippen LogP contribution in [0.25, 0.3) is 4.98 Å². The third kappa shape index (κ3) is 6.71. The first-order valence-electron chi connectivity index (χ1n) is 6.43. The van der Waals surface area contributed by atoms with Gasteiger partial charge in [-0.15, -0.1) is 0 Å². The summed E-state index contributed by atoms with van der Waals surface area (Å²) in [7, 11) is -3.47. The van der Waals surface area contributed by atoms with Gasteiger partial charge in [-0.1, -0.05) is 22.4 Å². The van der Waals surface area contributed by atoms with Crippen molar-refractivity contribution >= 4 is 26.0 Å². The van der Waals surface area contributed by atoms with E-state index >= 15 is 0 Å². The summed E-state index contributed by atoms with van der Waals surface area (Å²) in [6.07, 6.45) is 3.50. The number of allylic oxidation sites excluding steroid dienone is 1. The predicted octanol–water partition coefficient (Wildman–Crippen LogP) is 3.54. The molecule has 0 saturated heterocycles. The minimum atomic E-state index is -3.47. The fourth-order valence-corrected chi connectivity index (χ4v) is 2.98. The average molecular weight is 375 g/mol. The van der Waals surface area contributed by atoms with Crippen LogP contribution in [0.2, 0.25) is 0 Å². The molecule has 1 aromatic carbocycles. The number of hydrogen-bond donors (Lipinski definition) is 2. The van der Waals surface area contributed by atoms with Crippen molar-refractivity contribution in [1.29, 1.82) is 5.39 Å². The van der Waals surface area contributed by atoms with E-state index in [0.717, 1.165) is 17.1 Å². The predicted molar refractivity (Wildman–Crippen MR) is 83.6 cm³/mol. The van der Waals surface area contributed by atoms with Crippen molar-refractivity contribution in [2.24, 2.45) is 0 Å². The molecule has 0 heterocycles. The van der Waals surface area contributed by atoms with E-state index in [-0.39, 0.29) is 10.7 Å². The fourth-order valence-electron chi connectivity index (χ4n) is 1.64. The van der Waals surface area contributed by atoms with Crippen LogP contribution in [-0.2, 0) is 10.0 Å². The highest BCUT2D eigenvalue weighted by molar-refractivity contribution is 9.10. The van der Waals surface area contributed by atoms with E-state index in [4.69, 9.17) is 5.39 Å². The van der Waals surface area contributed by atoms with Gasteiger partial charge >= 0.3 is 6.20 Å². The van der Waals surface area contributed by atoms with Gasteiger partial charge in [0.15, 0.2) is 10.7 Å². The summed E-state index contributed by atoms with van der Waals surface area (Å²) in [5, 5.41) is 17.4. The molecule has 0 saturated carbocycles. The third-order valence-electron chi connectivity index (χ3n) is 2.73. The molecule has 8 heteroatoms. The second-order valence-corrected chi connectivity index (χ2v) is 7.08. The molecule has 0 aliphatic rings. The molecule has 0 spiro atoms. The number of hydrogen-bond acceptors (Lipinski definition) is 4. The van der Waals surface area contributed by atoms with Crippen molar-refractivity contribution in [2.45, 2.75) is 30.6 Å². The number of diazo groups is 1. The Morgan fingerprint density at radius 2 is 1.95 bits per heavy atom. The standard InChI is InChI=1S/C13H16BrN3O3S/c14-11-5-7-13(8-6-11)21(19,20)17-9-3-1-2-4-12(18)10-16-15/h5-8,10,17H,1-4,9H2/p+1. The van der Waals surface area contributed by atoms with Crippen LogP contribution in [0.1, 0.15) is 25.7 Å². The summed E-state index contributed by atoms with van der Waals surface area (Å²) in [5.41, 5.74) is 0. The number of nitrogens with one attached hydrogen (secondary N) is 1. The number of aliphatic hydroxyl groups is 1. The molecule has 0 unspecified atom stereocenters. The Morgan fingerprint density at radius 1 is 1.29 bits per heavy atom. The van der Waals surface area contributed by atoms with Gasteiger partial charge in [0.2, 0.25) is 15.4 Å². The number of unbranched alkanes of at least 4 members (excludes halogenated alkanes) is 2. The van der Waals surface area contributed by atoms with Crippen LogP contribution in [0.5, 0.6) is 0 Å². The normalized spacial score (nSPS) is 12.1. The Bertz CT molecular complexity index is 621. The fraction of sp³-hybridized carbons (Fsp3) is 0.385. The molecule has 0 aromatic heterocycles. The Hall–Kier alpha value is -1.43. The van der Waals surface area contributed by atoms with Crippen LogP contribution in [0.3, 0.4) is 0 Å². The van der Waals surface area contributed by atoms with E-state index in [2.05, 4.69) is 25.6 Å². The van der Waals surface area contributed by atoms with Crippen LogP contribution in [-0.4, -0.2) is 20.1 Å². The number of benzene rings is 1. The summed E-state index contributed by atoms with van der Waals surface area (Å²) in [5.74, 6) is 0.00735. The van der Waals surface area contributed by atoms with Crippen LogP contribution >= 0.6 is 15.9 Å². The second kappa shape index (κ2) is 8.77.